The lowest BCUT2D eigenvalue weighted by Gasteiger charge is -2.02. The minimum Gasteiger partial charge on any atom is -0.477 e. The van der Waals surface area contributed by atoms with E-state index in [-0.39, 0.29) is 4.88 Å². The van der Waals surface area contributed by atoms with E-state index in [1.54, 1.807) is 6.92 Å². The fourth-order valence-electron chi connectivity index (χ4n) is 1.57. The van der Waals surface area contributed by atoms with E-state index in [1.165, 1.54) is 0 Å². The Kier molecular flexibility index (Phi) is 3.78. The molecule has 1 aromatic heterocycles. The molecule has 0 saturated carbocycles. The van der Waals surface area contributed by atoms with Crippen LogP contribution in [0, 0.1) is 18.3 Å². The summed E-state index contributed by atoms with van der Waals surface area (Å²) in [7, 11) is 0. The lowest BCUT2D eigenvalue weighted by atomic mass is 10.1. The van der Waals surface area contributed by atoms with E-state index in [0.29, 0.717) is 17.2 Å². The highest BCUT2D eigenvalue weighted by Crippen LogP contribution is 2.25. The van der Waals surface area contributed by atoms with Gasteiger partial charge in [-0.1, -0.05) is 23.5 Å². The monoisotopic (exact) mass is 273 g/mol. The first-order chi connectivity index (χ1) is 9.10. The molecule has 0 bridgehead atoms. The maximum atomic E-state index is 10.9. The van der Waals surface area contributed by atoms with Crippen molar-refractivity contribution in [1.29, 1.82) is 5.26 Å². The number of nitriles is 1. The summed E-state index contributed by atoms with van der Waals surface area (Å²) in [5, 5.41) is 21.1. The predicted molar refractivity (Wildman–Crippen MR) is 72.9 cm³/mol. The first-order valence-electron chi connectivity index (χ1n) is 5.54. The third-order valence-electron chi connectivity index (χ3n) is 2.48. The quantitative estimate of drug-likeness (QED) is 0.894. The zero-order valence-corrected chi connectivity index (χ0v) is 11.0. The van der Waals surface area contributed by atoms with E-state index in [4.69, 9.17) is 10.4 Å². The van der Waals surface area contributed by atoms with Crippen molar-refractivity contribution in [3.05, 3.63) is 40.4 Å². The molecule has 0 saturated heterocycles. The SMILES string of the molecule is Cc1nc(Nc2ccc(CC#N)cc2)sc1C(=O)O. The van der Waals surface area contributed by atoms with Gasteiger partial charge < -0.3 is 10.4 Å². The number of hydrogen-bond acceptors (Lipinski definition) is 5. The highest BCUT2D eigenvalue weighted by molar-refractivity contribution is 7.17. The number of carboxylic acid groups (broad SMARTS) is 1. The zero-order chi connectivity index (χ0) is 13.8. The molecule has 2 aromatic rings. The number of carbonyl (C=O) groups is 1. The lowest BCUT2D eigenvalue weighted by molar-refractivity contribution is 0.0701. The maximum Gasteiger partial charge on any atom is 0.347 e. The maximum absolute atomic E-state index is 10.9. The van der Waals surface area contributed by atoms with Crippen LogP contribution >= 0.6 is 11.3 Å². The third kappa shape index (κ3) is 3.09. The number of nitrogens with one attached hydrogen (secondary N) is 1. The summed E-state index contributed by atoms with van der Waals surface area (Å²) in [5.74, 6) is -0.965. The molecule has 2 N–H and O–H groups in total. The van der Waals surface area contributed by atoms with Gasteiger partial charge in [0.15, 0.2) is 5.13 Å². The van der Waals surface area contributed by atoms with Crippen LogP contribution in [0.3, 0.4) is 0 Å². The van der Waals surface area contributed by atoms with Crippen molar-refractivity contribution in [2.45, 2.75) is 13.3 Å². The van der Waals surface area contributed by atoms with Gasteiger partial charge in [0.05, 0.1) is 18.2 Å². The van der Waals surface area contributed by atoms with Crippen molar-refractivity contribution in [2.24, 2.45) is 0 Å². The first-order valence-corrected chi connectivity index (χ1v) is 6.35. The summed E-state index contributed by atoms with van der Waals surface area (Å²) >= 11 is 1.10. The van der Waals surface area contributed by atoms with Crippen LogP contribution in [0.5, 0.6) is 0 Å². The molecule has 2 rings (SSSR count). The Balaban J connectivity index is 2.15. The van der Waals surface area contributed by atoms with Gasteiger partial charge in [0.25, 0.3) is 0 Å². The molecular weight excluding hydrogens is 262 g/mol. The van der Waals surface area contributed by atoms with Crippen LogP contribution in [-0.2, 0) is 6.42 Å². The Bertz CT molecular complexity index is 641. The number of aromatic nitrogens is 1. The second-order valence-corrected chi connectivity index (χ2v) is 4.89. The molecule has 5 nitrogen and oxygen atoms in total. The van der Waals surface area contributed by atoms with E-state index in [0.717, 1.165) is 22.6 Å². The molecule has 0 atom stereocenters. The average molecular weight is 273 g/mol. The van der Waals surface area contributed by atoms with Crippen LogP contribution in [0.25, 0.3) is 0 Å². The highest BCUT2D eigenvalue weighted by atomic mass is 32.1. The smallest absolute Gasteiger partial charge is 0.347 e. The molecule has 0 aliphatic carbocycles. The van der Waals surface area contributed by atoms with E-state index < -0.39 is 5.97 Å². The molecular formula is C13H11N3O2S. The number of hydrogen-bond donors (Lipinski definition) is 2. The number of benzene rings is 1. The molecule has 0 spiro atoms. The van der Waals surface area contributed by atoms with E-state index in [9.17, 15) is 4.79 Å². The van der Waals surface area contributed by atoms with Crippen LogP contribution < -0.4 is 5.32 Å². The van der Waals surface area contributed by atoms with Gasteiger partial charge >= 0.3 is 5.97 Å². The molecule has 96 valence electrons. The zero-order valence-electron chi connectivity index (χ0n) is 10.2. The Morgan fingerprint density at radius 1 is 1.47 bits per heavy atom. The molecule has 0 unspecified atom stereocenters. The molecule has 1 heterocycles. The minimum atomic E-state index is -0.965. The molecule has 0 radical (unpaired) electrons. The lowest BCUT2D eigenvalue weighted by Crippen LogP contribution is -1.94. The van der Waals surface area contributed by atoms with Crippen LogP contribution in [-0.4, -0.2) is 16.1 Å². The number of carboxylic acids is 1. The molecule has 0 fully saturated rings. The Morgan fingerprint density at radius 3 is 2.68 bits per heavy atom. The number of aryl methyl sites for hydroxylation is 1. The highest BCUT2D eigenvalue weighted by Gasteiger charge is 2.13. The normalized spacial score (nSPS) is 9.89. The first kappa shape index (κ1) is 13.1. The van der Waals surface area contributed by atoms with Gasteiger partial charge in [-0.2, -0.15) is 5.26 Å². The van der Waals surface area contributed by atoms with Gasteiger partial charge in [-0.05, 0) is 24.6 Å². The van der Waals surface area contributed by atoms with Crippen molar-refractivity contribution in [3.63, 3.8) is 0 Å². The van der Waals surface area contributed by atoms with Gasteiger partial charge in [0, 0.05) is 5.69 Å². The summed E-state index contributed by atoms with van der Waals surface area (Å²) in [6, 6.07) is 9.46. The van der Waals surface area contributed by atoms with Crippen molar-refractivity contribution in [1.82, 2.24) is 4.98 Å². The number of aromatic carboxylic acids is 1. The van der Waals surface area contributed by atoms with E-state index in [2.05, 4.69) is 16.4 Å². The van der Waals surface area contributed by atoms with E-state index in [1.807, 2.05) is 24.3 Å². The Morgan fingerprint density at radius 2 is 2.16 bits per heavy atom. The minimum absolute atomic E-state index is 0.239. The summed E-state index contributed by atoms with van der Waals surface area (Å²) in [4.78, 5) is 15.3. The van der Waals surface area contributed by atoms with Crippen molar-refractivity contribution >= 4 is 28.1 Å². The van der Waals surface area contributed by atoms with Crippen molar-refractivity contribution < 1.29 is 9.90 Å². The summed E-state index contributed by atoms with van der Waals surface area (Å²) < 4.78 is 0. The second kappa shape index (κ2) is 5.50. The van der Waals surface area contributed by atoms with Crippen molar-refractivity contribution in [2.75, 3.05) is 5.32 Å². The number of thiazole rings is 1. The fourth-order valence-corrected chi connectivity index (χ4v) is 2.39. The van der Waals surface area contributed by atoms with Gasteiger partial charge in [-0.3, -0.25) is 0 Å². The van der Waals surface area contributed by atoms with E-state index >= 15 is 0 Å². The van der Waals surface area contributed by atoms with Crippen LogP contribution in [0.2, 0.25) is 0 Å². The number of nitrogens with zero attached hydrogens (tertiary/aromatic N) is 2. The summed E-state index contributed by atoms with van der Waals surface area (Å²) in [6.45, 7) is 1.67. The standard InChI is InChI=1S/C13H11N3O2S/c1-8-11(12(17)18)19-13(15-8)16-10-4-2-9(3-5-10)6-7-14/h2-5H,6H2,1H3,(H,15,16)(H,17,18). The second-order valence-electron chi connectivity index (χ2n) is 3.90. The van der Waals surface area contributed by atoms with Gasteiger partial charge in [-0.15, -0.1) is 0 Å². The Labute approximate surface area is 114 Å². The molecule has 0 aliphatic heterocycles. The number of anilines is 2. The Hall–Kier alpha value is -2.39. The van der Waals surface area contributed by atoms with Gasteiger partial charge in [0.1, 0.15) is 4.88 Å². The van der Waals surface area contributed by atoms with Crippen molar-refractivity contribution in [3.8, 4) is 6.07 Å². The third-order valence-corrected chi connectivity index (χ3v) is 3.54. The predicted octanol–water partition coefficient (Wildman–Crippen LogP) is 2.96. The average Bonchev–Trinajstić information content (AvgIpc) is 2.73. The number of rotatable bonds is 4. The van der Waals surface area contributed by atoms with Crippen LogP contribution in [0.4, 0.5) is 10.8 Å². The largest absolute Gasteiger partial charge is 0.477 e. The van der Waals surface area contributed by atoms with Crippen LogP contribution in [0.1, 0.15) is 20.9 Å². The fraction of sp³-hybridized carbons (Fsp3) is 0.154. The molecule has 1 aromatic carbocycles. The molecule has 0 amide bonds. The topological polar surface area (TPSA) is 86.0 Å². The molecule has 19 heavy (non-hydrogen) atoms. The van der Waals surface area contributed by atoms with Gasteiger partial charge in [-0.25, -0.2) is 9.78 Å². The summed E-state index contributed by atoms with van der Waals surface area (Å²) in [5.41, 5.74) is 2.25. The molecule has 0 aliphatic rings. The summed E-state index contributed by atoms with van der Waals surface area (Å²) in [6.07, 6.45) is 0.375. The van der Waals surface area contributed by atoms with Gasteiger partial charge in [0.2, 0.25) is 0 Å². The molecule has 6 heteroatoms. The van der Waals surface area contributed by atoms with Crippen LogP contribution in [0.15, 0.2) is 24.3 Å².